The Morgan fingerprint density at radius 3 is 2.50 bits per heavy atom. The van der Waals surface area contributed by atoms with Crippen LogP contribution in [0.1, 0.15) is 24.0 Å². The van der Waals surface area contributed by atoms with Gasteiger partial charge in [-0.05, 0) is 56.0 Å². The van der Waals surface area contributed by atoms with Crippen LogP contribution >= 0.6 is 0 Å². The molecule has 1 heterocycles. The van der Waals surface area contributed by atoms with Crippen molar-refractivity contribution in [3.8, 4) is 11.5 Å². The Bertz CT molecular complexity index is 1040. The first-order chi connectivity index (χ1) is 14.3. The van der Waals surface area contributed by atoms with Crippen LogP contribution in [0.15, 0.2) is 41.3 Å². The Kier molecular flexibility index (Phi) is 6.67. The molecule has 8 heteroatoms. The predicted molar refractivity (Wildman–Crippen MR) is 116 cm³/mol. The summed E-state index contributed by atoms with van der Waals surface area (Å²) in [6.07, 6.45) is 1.27. The second-order valence-electron chi connectivity index (χ2n) is 7.53. The quantitative estimate of drug-likeness (QED) is 0.757. The average molecular weight is 433 g/mol. The number of methoxy groups -OCH3 is 2. The standard InChI is InChI=1S/C22H28N2O5S/c1-15-7-8-16(2)19(12-15)23-22(25)17-6-5-11-24(14-17)30(26,27)18-9-10-20(28-3)21(13-18)29-4/h7-10,12-13,17H,5-6,11,14H2,1-4H3,(H,23,25)/t17-/m0/s1. The molecule has 3 rings (SSSR count). The topological polar surface area (TPSA) is 84.9 Å². The Labute approximate surface area is 178 Å². The van der Waals surface area contributed by atoms with Crippen LogP contribution in [0.25, 0.3) is 0 Å². The van der Waals surface area contributed by atoms with Crippen LogP contribution in [0.5, 0.6) is 11.5 Å². The number of hydrogen-bond donors (Lipinski definition) is 1. The lowest BCUT2D eigenvalue weighted by Gasteiger charge is -2.31. The fraction of sp³-hybridized carbons (Fsp3) is 0.409. The molecule has 30 heavy (non-hydrogen) atoms. The third-order valence-corrected chi connectivity index (χ3v) is 7.26. The van der Waals surface area contributed by atoms with Crippen LogP contribution in [0.2, 0.25) is 0 Å². The van der Waals surface area contributed by atoms with Gasteiger partial charge in [0.05, 0.1) is 25.0 Å². The van der Waals surface area contributed by atoms with E-state index >= 15 is 0 Å². The summed E-state index contributed by atoms with van der Waals surface area (Å²) in [7, 11) is -0.799. The van der Waals surface area contributed by atoms with E-state index in [-0.39, 0.29) is 17.3 Å². The Morgan fingerprint density at radius 2 is 1.80 bits per heavy atom. The number of amides is 1. The Balaban J connectivity index is 1.78. The number of rotatable bonds is 6. The van der Waals surface area contributed by atoms with E-state index in [0.29, 0.717) is 30.9 Å². The summed E-state index contributed by atoms with van der Waals surface area (Å²) in [5.41, 5.74) is 2.79. The van der Waals surface area contributed by atoms with E-state index in [9.17, 15) is 13.2 Å². The molecule has 162 valence electrons. The maximum Gasteiger partial charge on any atom is 0.243 e. The van der Waals surface area contributed by atoms with Gasteiger partial charge < -0.3 is 14.8 Å². The summed E-state index contributed by atoms with van der Waals surface area (Å²) in [5, 5.41) is 2.97. The van der Waals surface area contributed by atoms with Gasteiger partial charge in [0, 0.05) is 24.8 Å². The molecule has 1 atom stereocenters. The molecule has 1 saturated heterocycles. The number of piperidine rings is 1. The van der Waals surface area contributed by atoms with Gasteiger partial charge in [0.25, 0.3) is 0 Å². The predicted octanol–water partition coefficient (Wildman–Crippen LogP) is 3.36. The maximum atomic E-state index is 13.2. The number of hydrogen-bond acceptors (Lipinski definition) is 5. The van der Waals surface area contributed by atoms with Crippen LogP contribution in [0, 0.1) is 19.8 Å². The Morgan fingerprint density at radius 1 is 1.07 bits per heavy atom. The van der Waals surface area contributed by atoms with Crippen molar-refractivity contribution in [1.82, 2.24) is 4.31 Å². The summed E-state index contributed by atoms with van der Waals surface area (Å²) in [6, 6.07) is 10.4. The third kappa shape index (κ3) is 4.60. The molecule has 0 aliphatic carbocycles. The number of nitrogens with zero attached hydrogens (tertiary/aromatic N) is 1. The lowest BCUT2D eigenvalue weighted by molar-refractivity contribution is -0.120. The molecule has 0 bridgehead atoms. The normalized spacial score (nSPS) is 17.4. The van der Waals surface area contributed by atoms with Gasteiger partial charge in [-0.25, -0.2) is 8.42 Å². The minimum atomic E-state index is -3.76. The number of sulfonamides is 1. The summed E-state index contributed by atoms with van der Waals surface area (Å²) < 4.78 is 38.2. The number of carbonyl (C=O) groups is 1. The third-order valence-electron chi connectivity index (χ3n) is 5.40. The summed E-state index contributed by atoms with van der Waals surface area (Å²) in [5.74, 6) is 0.241. The molecular weight excluding hydrogens is 404 g/mol. The number of anilines is 1. The minimum Gasteiger partial charge on any atom is -0.493 e. The lowest BCUT2D eigenvalue weighted by Crippen LogP contribution is -2.43. The van der Waals surface area contributed by atoms with E-state index in [0.717, 1.165) is 16.8 Å². The summed E-state index contributed by atoms with van der Waals surface area (Å²) >= 11 is 0. The molecular formula is C22H28N2O5S. The molecule has 1 aliphatic rings. The van der Waals surface area contributed by atoms with Gasteiger partial charge in [-0.15, -0.1) is 0 Å². The van der Waals surface area contributed by atoms with Gasteiger partial charge in [-0.1, -0.05) is 12.1 Å². The first-order valence-corrected chi connectivity index (χ1v) is 11.3. The molecule has 2 aromatic rings. The van der Waals surface area contributed by atoms with Crippen LogP contribution in [0.3, 0.4) is 0 Å². The smallest absolute Gasteiger partial charge is 0.243 e. The number of aryl methyl sites for hydroxylation is 2. The van der Waals surface area contributed by atoms with Crippen molar-refractivity contribution < 1.29 is 22.7 Å². The largest absolute Gasteiger partial charge is 0.493 e. The van der Waals surface area contributed by atoms with Crippen molar-refractivity contribution in [1.29, 1.82) is 0 Å². The highest BCUT2D eigenvalue weighted by molar-refractivity contribution is 7.89. The van der Waals surface area contributed by atoms with Crippen LogP contribution < -0.4 is 14.8 Å². The second-order valence-corrected chi connectivity index (χ2v) is 9.46. The van der Waals surface area contributed by atoms with Crippen molar-refractivity contribution in [3.63, 3.8) is 0 Å². The molecule has 1 aliphatic heterocycles. The molecule has 0 radical (unpaired) electrons. The average Bonchev–Trinajstić information content (AvgIpc) is 2.75. The second kappa shape index (κ2) is 9.06. The summed E-state index contributed by atoms with van der Waals surface area (Å²) in [4.78, 5) is 13.0. The van der Waals surface area contributed by atoms with Gasteiger partial charge in [0.1, 0.15) is 0 Å². The lowest BCUT2D eigenvalue weighted by atomic mass is 9.98. The zero-order valence-electron chi connectivity index (χ0n) is 17.8. The van der Waals surface area contributed by atoms with Gasteiger partial charge in [-0.3, -0.25) is 4.79 Å². The van der Waals surface area contributed by atoms with E-state index in [1.54, 1.807) is 6.07 Å². The van der Waals surface area contributed by atoms with Gasteiger partial charge in [-0.2, -0.15) is 4.31 Å². The first kappa shape index (κ1) is 22.1. The number of benzene rings is 2. The van der Waals surface area contributed by atoms with E-state index in [4.69, 9.17) is 9.47 Å². The number of carbonyl (C=O) groups excluding carboxylic acids is 1. The monoisotopic (exact) mass is 432 g/mol. The van der Waals surface area contributed by atoms with Gasteiger partial charge in [0.15, 0.2) is 11.5 Å². The van der Waals surface area contributed by atoms with Crippen molar-refractivity contribution in [2.75, 3.05) is 32.6 Å². The fourth-order valence-corrected chi connectivity index (χ4v) is 5.15. The van der Waals surface area contributed by atoms with Crippen LogP contribution in [-0.4, -0.2) is 45.9 Å². The molecule has 2 aromatic carbocycles. The van der Waals surface area contributed by atoms with E-state index < -0.39 is 15.9 Å². The summed E-state index contributed by atoms with van der Waals surface area (Å²) in [6.45, 7) is 4.42. The zero-order valence-corrected chi connectivity index (χ0v) is 18.6. The molecule has 1 N–H and O–H groups in total. The molecule has 7 nitrogen and oxygen atoms in total. The molecule has 0 unspecified atom stereocenters. The fourth-order valence-electron chi connectivity index (χ4n) is 3.61. The maximum absolute atomic E-state index is 13.2. The minimum absolute atomic E-state index is 0.121. The van der Waals surface area contributed by atoms with Crippen molar-refractivity contribution in [3.05, 3.63) is 47.5 Å². The van der Waals surface area contributed by atoms with Gasteiger partial charge in [0.2, 0.25) is 15.9 Å². The Hall–Kier alpha value is -2.58. The number of ether oxygens (including phenoxy) is 2. The number of nitrogens with one attached hydrogen (secondary N) is 1. The highest BCUT2D eigenvalue weighted by Crippen LogP contribution is 2.32. The molecule has 0 aromatic heterocycles. The molecule has 1 fully saturated rings. The highest BCUT2D eigenvalue weighted by atomic mass is 32.2. The van der Waals surface area contributed by atoms with E-state index in [2.05, 4.69) is 5.32 Å². The van der Waals surface area contributed by atoms with E-state index in [1.165, 1.54) is 30.7 Å². The van der Waals surface area contributed by atoms with Crippen molar-refractivity contribution >= 4 is 21.6 Å². The van der Waals surface area contributed by atoms with E-state index in [1.807, 2.05) is 32.0 Å². The molecule has 0 saturated carbocycles. The van der Waals surface area contributed by atoms with Crippen LogP contribution in [0.4, 0.5) is 5.69 Å². The molecule has 0 spiro atoms. The highest BCUT2D eigenvalue weighted by Gasteiger charge is 2.34. The first-order valence-electron chi connectivity index (χ1n) is 9.86. The van der Waals surface area contributed by atoms with Crippen molar-refractivity contribution in [2.45, 2.75) is 31.6 Å². The van der Waals surface area contributed by atoms with Crippen LogP contribution in [-0.2, 0) is 14.8 Å². The molecule has 1 amide bonds. The zero-order chi connectivity index (χ0) is 21.9. The van der Waals surface area contributed by atoms with Gasteiger partial charge >= 0.3 is 0 Å². The SMILES string of the molecule is COc1ccc(S(=O)(=O)N2CCC[C@H](C(=O)Nc3cc(C)ccc3C)C2)cc1OC. The van der Waals surface area contributed by atoms with Crippen molar-refractivity contribution in [2.24, 2.45) is 5.92 Å².